The van der Waals surface area contributed by atoms with Crippen LogP contribution in [-0.2, 0) is 13.6 Å². The van der Waals surface area contributed by atoms with Crippen molar-refractivity contribution in [1.82, 2.24) is 25.2 Å². The van der Waals surface area contributed by atoms with Gasteiger partial charge < -0.3 is 5.32 Å². The van der Waals surface area contributed by atoms with Crippen LogP contribution in [0.4, 0.5) is 0 Å². The van der Waals surface area contributed by atoms with Crippen molar-refractivity contribution in [2.24, 2.45) is 7.05 Å². The number of nitrogens with zero attached hydrogens (tertiary/aromatic N) is 4. The molecular formula is C11H21N5. The van der Waals surface area contributed by atoms with E-state index in [0.29, 0.717) is 6.04 Å². The Bertz CT molecular complexity index is 316. The normalized spacial score (nSPS) is 21.6. The van der Waals surface area contributed by atoms with Gasteiger partial charge in [-0.05, 0) is 26.4 Å². The minimum absolute atomic E-state index is 0.649. The van der Waals surface area contributed by atoms with E-state index in [0.717, 1.165) is 18.8 Å². The molecule has 1 saturated heterocycles. The predicted octanol–water partition coefficient (Wildman–Crippen LogP) is 0.389. The average Bonchev–Trinajstić information content (AvgIpc) is 2.65. The molecule has 1 aliphatic rings. The third-order valence-corrected chi connectivity index (χ3v) is 3.03. The maximum Gasteiger partial charge on any atom is 0.0966 e. The second-order valence-electron chi connectivity index (χ2n) is 4.73. The first-order valence-corrected chi connectivity index (χ1v) is 6.01. The maximum absolute atomic E-state index is 4.10. The zero-order chi connectivity index (χ0) is 11.4. The molecule has 1 fully saturated rings. The van der Waals surface area contributed by atoms with Crippen LogP contribution in [-0.4, -0.2) is 46.1 Å². The van der Waals surface area contributed by atoms with Gasteiger partial charge in [0.2, 0.25) is 0 Å². The van der Waals surface area contributed by atoms with Crippen molar-refractivity contribution >= 4 is 0 Å². The number of aryl methyl sites for hydroxylation is 1. The van der Waals surface area contributed by atoms with Gasteiger partial charge in [-0.2, -0.15) is 0 Å². The standard InChI is InChI=1S/C11H21N5/c1-15(7-10-5-3-4-6-12-10)8-11-9-16(2)14-13-11/h9-10,12H,3-8H2,1-2H3. The molecule has 1 aromatic rings. The quantitative estimate of drug-likeness (QED) is 0.802. The van der Waals surface area contributed by atoms with Gasteiger partial charge >= 0.3 is 0 Å². The van der Waals surface area contributed by atoms with Crippen molar-refractivity contribution < 1.29 is 0 Å². The van der Waals surface area contributed by atoms with Crippen LogP contribution in [0.25, 0.3) is 0 Å². The smallest absolute Gasteiger partial charge is 0.0966 e. The highest BCUT2D eigenvalue weighted by atomic mass is 15.4. The third kappa shape index (κ3) is 3.28. The molecule has 1 atom stereocenters. The minimum Gasteiger partial charge on any atom is -0.313 e. The van der Waals surface area contributed by atoms with Crippen LogP contribution in [0.5, 0.6) is 0 Å². The zero-order valence-electron chi connectivity index (χ0n) is 10.2. The average molecular weight is 223 g/mol. The predicted molar refractivity (Wildman–Crippen MR) is 63.0 cm³/mol. The summed E-state index contributed by atoms with van der Waals surface area (Å²) in [5.74, 6) is 0. The van der Waals surface area contributed by atoms with E-state index in [-0.39, 0.29) is 0 Å². The van der Waals surface area contributed by atoms with Crippen LogP contribution >= 0.6 is 0 Å². The highest BCUT2D eigenvalue weighted by molar-refractivity contribution is 4.91. The molecule has 5 heteroatoms. The van der Waals surface area contributed by atoms with Gasteiger partial charge in [0, 0.05) is 32.4 Å². The van der Waals surface area contributed by atoms with E-state index in [2.05, 4.69) is 27.6 Å². The van der Waals surface area contributed by atoms with Crippen molar-refractivity contribution in [1.29, 1.82) is 0 Å². The number of hydrogen-bond acceptors (Lipinski definition) is 4. The van der Waals surface area contributed by atoms with E-state index in [4.69, 9.17) is 0 Å². The van der Waals surface area contributed by atoms with Gasteiger partial charge in [0.1, 0.15) is 0 Å². The van der Waals surface area contributed by atoms with Gasteiger partial charge in [-0.15, -0.1) is 5.10 Å². The topological polar surface area (TPSA) is 46.0 Å². The Morgan fingerprint density at radius 3 is 3.06 bits per heavy atom. The molecule has 0 aromatic carbocycles. The summed E-state index contributed by atoms with van der Waals surface area (Å²) in [6.45, 7) is 3.15. The lowest BCUT2D eigenvalue weighted by Crippen LogP contribution is -2.42. The second-order valence-corrected chi connectivity index (χ2v) is 4.73. The van der Waals surface area contributed by atoms with Crippen LogP contribution in [0.2, 0.25) is 0 Å². The van der Waals surface area contributed by atoms with Crippen molar-refractivity contribution in [3.63, 3.8) is 0 Å². The highest BCUT2D eigenvalue weighted by Crippen LogP contribution is 2.08. The van der Waals surface area contributed by atoms with Crippen molar-refractivity contribution in [3.05, 3.63) is 11.9 Å². The molecule has 0 spiro atoms. The number of likely N-dealkylation sites (N-methyl/N-ethyl adjacent to an activating group) is 1. The van der Waals surface area contributed by atoms with Crippen molar-refractivity contribution in [2.45, 2.75) is 31.8 Å². The molecule has 0 radical (unpaired) electrons. The lowest BCUT2D eigenvalue weighted by Gasteiger charge is -2.27. The lowest BCUT2D eigenvalue weighted by atomic mass is 10.0. The minimum atomic E-state index is 0.649. The molecule has 0 aliphatic carbocycles. The molecule has 1 unspecified atom stereocenters. The number of piperidine rings is 1. The molecule has 1 aliphatic heterocycles. The summed E-state index contributed by atoms with van der Waals surface area (Å²) in [6.07, 6.45) is 5.95. The molecular weight excluding hydrogens is 202 g/mol. The summed E-state index contributed by atoms with van der Waals surface area (Å²) in [6, 6.07) is 0.649. The zero-order valence-corrected chi connectivity index (χ0v) is 10.2. The first-order valence-electron chi connectivity index (χ1n) is 6.01. The number of nitrogens with one attached hydrogen (secondary N) is 1. The molecule has 2 rings (SSSR count). The van der Waals surface area contributed by atoms with Gasteiger partial charge in [-0.25, -0.2) is 0 Å². The molecule has 0 saturated carbocycles. The Kier molecular flexibility index (Phi) is 3.90. The monoisotopic (exact) mass is 223 g/mol. The molecule has 16 heavy (non-hydrogen) atoms. The van der Waals surface area contributed by atoms with E-state index in [1.807, 2.05) is 13.2 Å². The molecule has 1 aromatic heterocycles. The fourth-order valence-corrected chi connectivity index (χ4v) is 2.26. The fraction of sp³-hybridized carbons (Fsp3) is 0.818. The van der Waals surface area contributed by atoms with Crippen LogP contribution in [0.1, 0.15) is 25.0 Å². The Balaban J connectivity index is 1.77. The summed E-state index contributed by atoms with van der Waals surface area (Å²) >= 11 is 0. The Morgan fingerprint density at radius 2 is 2.44 bits per heavy atom. The molecule has 0 amide bonds. The second kappa shape index (κ2) is 5.41. The van der Waals surface area contributed by atoms with Gasteiger partial charge in [0.25, 0.3) is 0 Å². The molecule has 0 bridgehead atoms. The Morgan fingerprint density at radius 1 is 1.56 bits per heavy atom. The van der Waals surface area contributed by atoms with Crippen LogP contribution in [0.3, 0.4) is 0 Å². The number of aromatic nitrogens is 3. The van der Waals surface area contributed by atoms with Gasteiger partial charge in [-0.1, -0.05) is 11.6 Å². The van der Waals surface area contributed by atoms with E-state index in [1.54, 1.807) is 4.68 Å². The summed E-state index contributed by atoms with van der Waals surface area (Å²) in [5.41, 5.74) is 1.04. The lowest BCUT2D eigenvalue weighted by molar-refractivity contribution is 0.254. The molecule has 2 heterocycles. The Hall–Kier alpha value is -0.940. The van der Waals surface area contributed by atoms with Crippen LogP contribution in [0, 0.1) is 0 Å². The summed E-state index contributed by atoms with van der Waals surface area (Å²) in [5, 5.41) is 11.6. The number of hydrogen-bond donors (Lipinski definition) is 1. The van der Waals surface area contributed by atoms with E-state index in [9.17, 15) is 0 Å². The van der Waals surface area contributed by atoms with Crippen molar-refractivity contribution in [2.75, 3.05) is 20.1 Å². The molecule has 90 valence electrons. The first-order chi connectivity index (χ1) is 7.74. The molecule has 5 nitrogen and oxygen atoms in total. The van der Waals surface area contributed by atoms with Gasteiger partial charge in [0.05, 0.1) is 5.69 Å². The van der Waals surface area contributed by atoms with Crippen LogP contribution in [0.15, 0.2) is 6.20 Å². The first kappa shape index (κ1) is 11.5. The summed E-state index contributed by atoms with van der Waals surface area (Å²) < 4.78 is 1.75. The van der Waals surface area contributed by atoms with Crippen molar-refractivity contribution in [3.8, 4) is 0 Å². The van der Waals surface area contributed by atoms with Gasteiger partial charge in [0.15, 0.2) is 0 Å². The van der Waals surface area contributed by atoms with E-state index >= 15 is 0 Å². The SMILES string of the molecule is CN(Cc1cn(C)nn1)CC1CCCCN1. The Labute approximate surface area is 96.8 Å². The third-order valence-electron chi connectivity index (χ3n) is 3.03. The number of rotatable bonds is 4. The summed E-state index contributed by atoms with van der Waals surface area (Å²) in [4.78, 5) is 2.31. The molecule has 1 N–H and O–H groups in total. The summed E-state index contributed by atoms with van der Waals surface area (Å²) in [7, 11) is 4.05. The highest BCUT2D eigenvalue weighted by Gasteiger charge is 2.15. The van der Waals surface area contributed by atoms with E-state index < -0.39 is 0 Å². The van der Waals surface area contributed by atoms with Crippen LogP contribution < -0.4 is 5.32 Å². The van der Waals surface area contributed by atoms with E-state index in [1.165, 1.54) is 25.8 Å². The maximum atomic E-state index is 4.10. The van der Waals surface area contributed by atoms with Gasteiger partial charge in [-0.3, -0.25) is 9.58 Å². The fourth-order valence-electron chi connectivity index (χ4n) is 2.26. The largest absolute Gasteiger partial charge is 0.313 e.